The second-order valence-corrected chi connectivity index (χ2v) is 20.9. The molecule has 0 saturated carbocycles. The summed E-state index contributed by atoms with van der Waals surface area (Å²) in [4.78, 5) is 65.1. The van der Waals surface area contributed by atoms with E-state index in [0.717, 1.165) is 6.42 Å². The number of amides is 1. The molecule has 378 valence electrons. The molecule has 3 aliphatic rings. The Hall–Kier alpha value is -6.01. The largest absolute Gasteiger partial charge is 0.507 e. The van der Waals surface area contributed by atoms with Crippen molar-refractivity contribution < 1.29 is 53.4 Å². The summed E-state index contributed by atoms with van der Waals surface area (Å²) >= 11 is 0. The number of nitrogens with one attached hydrogen (secondary N) is 1. The predicted molar refractivity (Wildman–Crippen MR) is 268 cm³/mol. The van der Waals surface area contributed by atoms with Crippen LogP contribution in [0.3, 0.4) is 0 Å². The summed E-state index contributed by atoms with van der Waals surface area (Å²) < 4.78 is 30.7. The summed E-state index contributed by atoms with van der Waals surface area (Å²) in [7, 11) is 3.53. The fourth-order valence-electron chi connectivity index (χ4n) is 10.3. The van der Waals surface area contributed by atoms with Gasteiger partial charge in [0.05, 0.1) is 35.2 Å². The van der Waals surface area contributed by atoms with E-state index in [1.165, 1.54) is 59.3 Å². The number of carbonyl (C=O) groups is 2. The zero-order chi connectivity index (χ0) is 51.7. The van der Waals surface area contributed by atoms with Crippen LogP contribution in [0.1, 0.15) is 88.1 Å². The topological polar surface area (TPSA) is 231 Å². The van der Waals surface area contributed by atoms with Crippen LogP contribution in [0.5, 0.6) is 11.5 Å². The Bertz CT molecular complexity index is 3030. The van der Waals surface area contributed by atoms with Gasteiger partial charge in [-0.05, 0) is 61.1 Å². The summed E-state index contributed by atoms with van der Waals surface area (Å²) in [5, 5.41) is 49.5. The first kappa shape index (κ1) is 51.8. The Balaban J connectivity index is 1.49. The average Bonchev–Trinajstić information content (AvgIpc) is 3.53. The van der Waals surface area contributed by atoms with Gasteiger partial charge in [0, 0.05) is 103 Å². The van der Waals surface area contributed by atoms with Gasteiger partial charge < -0.3 is 54.0 Å². The van der Waals surface area contributed by atoms with Gasteiger partial charge in [-0.25, -0.2) is 4.98 Å². The minimum atomic E-state index is -1.99. The molecule has 70 heavy (non-hydrogen) atoms. The number of benzene rings is 3. The fourth-order valence-corrected chi connectivity index (χ4v) is 10.3. The first-order valence-electron chi connectivity index (χ1n) is 23.8. The maximum Gasteiger partial charge on any atom is 0.307 e. The van der Waals surface area contributed by atoms with Crippen LogP contribution in [0.15, 0.2) is 62.3 Å². The van der Waals surface area contributed by atoms with Gasteiger partial charge in [0.2, 0.25) is 10.9 Å². The zero-order valence-electron chi connectivity index (χ0n) is 42.6. The third-order valence-corrected chi connectivity index (χ3v) is 15.2. The molecule has 0 spiro atoms. The van der Waals surface area contributed by atoms with Gasteiger partial charge >= 0.3 is 11.8 Å². The van der Waals surface area contributed by atoms with Crippen LogP contribution in [-0.2, 0) is 23.8 Å². The number of esters is 1. The highest BCUT2D eigenvalue weighted by Gasteiger charge is 2.45. The number of phenolic OH excluding ortho intramolecular Hbond substituents is 1. The van der Waals surface area contributed by atoms with E-state index in [-0.39, 0.29) is 71.8 Å². The number of aromatic hydroxyl groups is 1. The quantitative estimate of drug-likeness (QED) is 0.0867. The lowest BCUT2D eigenvalue weighted by molar-refractivity contribution is -0.160. The number of likely N-dealkylation sites (N-methyl/N-ethyl adjacent to an activating group) is 1. The minimum absolute atomic E-state index is 0.0252. The second-order valence-electron chi connectivity index (χ2n) is 20.9. The molecule has 7 rings (SSSR count). The summed E-state index contributed by atoms with van der Waals surface area (Å²) in [6.45, 7) is 22.5. The lowest BCUT2D eigenvalue weighted by Crippen LogP contribution is -2.54. The lowest BCUT2D eigenvalue weighted by atomic mass is 9.78. The molecule has 4 aromatic rings. The molecule has 1 amide bonds. The normalized spacial score (nSPS) is 30.6. The van der Waals surface area contributed by atoms with Gasteiger partial charge in [-0.3, -0.25) is 24.1 Å². The molecular weight excluding hydrogens is 901 g/mol. The van der Waals surface area contributed by atoms with Crippen LogP contribution in [0, 0.1) is 30.6 Å². The number of ether oxygens (including phenoxy) is 4. The lowest BCUT2D eigenvalue weighted by Gasteiger charge is -2.44. The first-order chi connectivity index (χ1) is 32.6. The van der Waals surface area contributed by atoms with Crippen molar-refractivity contribution in [3.63, 3.8) is 0 Å². The summed E-state index contributed by atoms with van der Waals surface area (Å²) in [5.74, 6) is -6.97. The highest BCUT2D eigenvalue weighted by Crippen LogP contribution is 2.43. The highest BCUT2D eigenvalue weighted by atomic mass is 16.7. The molecule has 9 atom stereocenters. The van der Waals surface area contributed by atoms with E-state index < -0.39 is 88.1 Å². The molecule has 3 aromatic carbocycles. The number of rotatable bonds is 3. The van der Waals surface area contributed by atoms with Crippen molar-refractivity contribution in [2.24, 2.45) is 23.7 Å². The zero-order valence-corrected chi connectivity index (χ0v) is 42.6. The predicted octanol–water partition coefficient (Wildman–Crippen LogP) is 6.26. The Morgan fingerprint density at radius 2 is 1.60 bits per heavy atom. The number of methoxy groups -OCH3 is 1. The number of aliphatic hydroxyl groups excluding tert-OH is 3. The molecule has 0 unspecified atom stereocenters. The smallest absolute Gasteiger partial charge is 0.307 e. The van der Waals surface area contributed by atoms with Gasteiger partial charge in [-0.15, -0.1) is 0 Å². The van der Waals surface area contributed by atoms with E-state index in [0.29, 0.717) is 18.8 Å². The van der Waals surface area contributed by atoms with Gasteiger partial charge in [-0.1, -0.05) is 45.9 Å². The number of hydrogen-bond acceptors (Lipinski definition) is 16. The molecule has 4 bridgehead atoms. The van der Waals surface area contributed by atoms with E-state index in [9.17, 15) is 39.6 Å². The molecule has 3 aliphatic heterocycles. The van der Waals surface area contributed by atoms with Crippen LogP contribution in [0.2, 0.25) is 0 Å². The monoisotopic (exact) mass is 968 g/mol. The molecule has 0 aliphatic carbocycles. The SMILES string of the molecule is CO[C@H]1/C=C/O[C@@]2(C)Oc3c(C)c(O)c4c(=O)c(c5oc6cc(N7CCC(C)(C)N(C)C(C)(C)C7)cc(=O)c6nc5c4c3=C2O)NC(=O)/C(C)=C\C=C\[C@H](C)[C@H](O)[C@@H](C)[C@@H](O)[C@@H](C)[C@H](OC(C)=O)[C@@H]1C. The van der Waals surface area contributed by atoms with E-state index >= 15 is 0 Å². The number of nitrogens with zero attached hydrogens (tertiary/aromatic N) is 3. The van der Waals surface area contributed by atoms with Crippen molar-refractivity contribution in [1.82, 2.24) is 9.88 Å². The molecule has 5 N–H and O–H groups in total. The Morgan fingerprint density at radius 1 is 0.914 bits per heavy atom. The van der Waals surface area contributed by atoms with Gasteiger partial charge in [-0.2, -0.15) is 0 Å². The van der Waals surface area contributed by atoms with Crippen molar-refractivity contribution >= 4 is 62.0 Å². The van der Waals surface area contributed by atoms with Crippen molar-refractivity contribution in [2.45, 2.75) is 131 Å². The first-order valence-corrected chi connectivity index (χ1v) is 23.8. The van der Waals surface area contributed by atoms with Crippen LogP contribution in [0.4, 0.5) is 11.4 Å². The van der Waals surface area contributed by atoms with Crippen LogP contribution >= 0.6 is 0 Å². The maximum absolute atomic E-state index is 15.0. The third-order valence-electron chi connectivity index (χ3n) is 15.2. The van der Waals surface area contributed by atoms with E-state index in [1.54, 1.807) is 45.9 Å². The molecule has 1 aromatic heterocycles. The third kappa shape index (κ3) is 9.12. The van der Waals surface area contributed by atoms with Gasteiger partial charge in [0.25, 0.3) is 5.91 Å². The van der Waals surface area contributed by atoms with Gasteiger partial charge in [0.1, 0.15) is 28.8 Å². The van der Waals surface area contributed by atoms with Crippen LogP contribution in [0.25, 0.3) is 38.7 Å². The molecule has 4 heterocycles. The number of anilines is 2. The molecular formula is C53H68N4O13. The van der Waals surface area contributed by atoms with E-state index in [2.05, 4.69) is 49.9 Å². The molecule has 1 fully saturated rings. The number of allylic oxidation sites excluding steroid dienone is 2. The standard InChI is InChI=1S/C53H68N4O13/c1-25-16-15-17-26(2)50(65)55-41-45(63)37-36(40-48(41)69-35-23-32(22-33(59)39(35)54-40)57-20-19-51(8,9)56(13)52(10,11)24-57)38-47(30(6)44(37)62)70-53(12,49(38)64)67-21-18-34(66-14)27(3)46(68-31(7)58)29(5)43(61)28(4)42(25)60/h15-18,21-23,25,27-29,34,42-43,46,60-62,64H,19-20,24H2,1-14H3,(H,55,65)/b16-15+,21-18+,26-17-/t25-,27+,28+,29+,34-,42-,43+,46+,53-/m0/s1. The van der Waals surface area contributed by atoms with Crippen molar-refractivity contribution in [3.8, 4) is 11.5 Å². The fraction of sp³-hybridized carbons (Fsp3) is 0.528. The number of hydrogen-bond donors (Lipinski definition) is 5. The van der Waals surface area contributed by atoms with Gasteiger partial charge in [0.15, 0.2) is 22.4 Å². The number of phenols is 1. The van der Waals surface area contributed by atoms with Crippen molar-refractivity contribution in [2.75, 3.05) is 37.5 Å². The van der Waals surface area contributed by atoms with Crippen molar-refractivity contribution in [3.05, 3.63) is 79.5 Å². The highest BCUT2D eigenvalue weighted by molar-refractivity contribution is 6.16. The molecule has 17 nitrogen and oxygen atoms in total. The maximum atomic E-state index is 15.0. The number of carbonyl (C=O) groups excluding carboxylic acids is 2. The Kier molecular flexibility index (Phi) is 14.0. The summed E-state index contributed by atoms with van der Waals surface area (Å²) in [6.07, 6.45) is 4.34. The minimum Gasteiger partial charge on any atom is -0.507 e. The summed E-state index contributed by atoms with van der Waals surface area (Å²) in [5.41, 5.74) is -1.90. The molecule has 0 radical (unpaired) electrons. The Labute approximate surface area is 407 Å². The Morgan fingerprint density at radius 3 is 2.26 bits per heavy atom. The number of aliphatic hydroxyl groups is 3. The van der Waals surface area contributed by atoms with Crippen LogP contribution < -0.4 is 31.0 Å². The summed E-state index contributed by atoms with van der Waals surface area (Å²) in [6, 6.07) is 3.18. The van der Waals surface area contributed by atoms with Crippen LogP contribution in [-0.4, -0.2) is 111 Å². The molecule has 17 heteroatoms. The van der Waals surface area contributed by atoms with E-state index in [4.69, 9.17) is 28.3 Å². The number of aromatic nitrogens is 1. The average molecular weight is 969 g/mol. The number of fused-ring (bicyclic) bond motifs is 2. The van der Waals surface area contributed by atoms with Crippen molar-refractivity contribution in [1.29, 1.82) is 0 Å². The molecule has 1 saturated heterocycles. The van der Waals surface area contributed by atoms with E-state index in [1.807, 2.05) is 0 Å². The second kappa shape index (κ2) is 19.0.